The number of alkyl carbamates (subject to hydrolysis) is 1. The van der Waals surface area contributed by atoms with E-state index in [1.165, 1.54) is 0 Å². The van der Waals surface area contributed by atoms with Crippen molar-refractivity contribution in [1.82, 2.24) is 10.2 Å². The van der Waals surface area contributed by atoms with Crippen molar-refractivity contribution in [3.8, 4) is 11.1 Å². The van der Waals surface area contributed by atoms with Gasteiger partial charge in [0.25, 0.3) is 5.91 Å². The standard InChI is InChI=1S/C43H52N6O5/c1-43(2,3)54-42(53)44-27-30-13-17-32(18-14-30)38(50)26-34(40(51)47-35-21-19-33(20-22-35)39-45-28-46-48-39)25-29-11-15-31(16-12-29)36-9-5-6-10-37(36)41(52)49-23-7-4-8-24-49/h5-6,9-12,15-16,19-22,30,32,34H,4,7-8,13-14,17-18,23-28H2,1-3H3,(H,44,53)(H,47,51)/t30?,32?,34-/m1/s1. The third-order valence-corrected chi connectivity index (χ3v) is 10.5. The van der Waals surface area contributed by atoms with Gasteiger partial charge >= 0.3 is 6.09 Å². The lowest BCUT2D eigenvalue weighted by Gasteiger charge is -2.29. The van der Waals surface area contributed by atoms with Crippen molar-refractivity contribution in [2.75, 3.05) is 31.6 Å². The molecule has 0 radical (unpaired) electrons. The van der Waals surface area contributed by atoms with Crippen molar-refractivity contribution >= 4 is 35.2 Å². The van der Waals surface area contributed by atoms with Crippen molar-refractivity contribution in [3.05, 3.63) is 89.5 Å². The van der Waals surface area contributed by atoms with E-state index in [2.05, 4.69) is 25.9 Å². The third kappa shape index (κ3) is 10.5. The fourth-order valence-corrected chi connectivity index (χ4v) is 7.52. The summed E-state index contributed by atoms with van der Waals surface area (Å²) in [5.41, 5.74) is 4.33. The van der Waals surface area contributed by atoms with E-state index in [4.69, 9.17) is 4.74 Å². The number of benzene rings is 3. The maximum atomic E-state index is 13.9. The molecule has 3 aromatic rings. The minimum absolute atomic E-state index is 0.0617. The molecule has 2 heterocycles. The van der Waals surface area contributed by atoms with E-state index in [0.29, 0.717) is 36.7 Å². The number of ketones is 1. The Bertz CT molecular complexity index is 1850. The van der Waals surface area contributed by atoms with Crippen LogP contribution in [0.5, 0.6) is 0 Å². The van der Waals surface area contributed by atoms with Crippen molar-refractivity contribution in [2.24, 2.45) is 33.0 Å². The van der Waals surface area contributed by atoms with Crippen LogP contribution in [0.2, 0.25) is 0 Å². The van der Waals surface area contributed by atoms with E-state index in [1.54, 1.807) is 0 Å². The Balaban J connectivity index is 1.13. The first-order valence-electron chi connectivity index (χ1n) is 19.3. The second-order valence-corrected chi connectivity index (χ2v) is 15.7. The van der Waals surface area contributed by atoms with Gasteiger partial charge in [-0.1, -0.05) is 42.5 Å². The van der Waals surface area contributed by atoms with E-state index < -0.39 is 17.6 Å². The van der Waals surface area contributed by atoms with E-state index in [1.807, 2.05) is 98.5 Å². The molecule has 11 nitrogen and oxygen atoms in total. The van der Waals surface area contributed by atoms with E-state index in [9.17, 15) is 19.2 Å². The largest absolute Gasteiger partial charge is 0.444 e. The highest BCUT2D eigenvalue weighted by molar-refractivity contribution is 6.02. The zero-order chi connectivity index (χ0) is 38.1. The summed E-state index contributed by atoms with van der Waals surface area (Å²) in [5.74, 6) is 0.0612. The number of carbonyl (C=O) groups excluding carboxylic acids is 4. The number of aliphatic imine (C=N–C) groups is 1. The molecule has 1 atom stereocenters. The summed E-state index contributed by atoms with van der Waals surface area (Å²) in [6.45, 7) is 7.91. The second-order valence-electron chi connectivity index (χ2n) is 15.7. The molecule has 2 fully saturated rings. The van der Waals surface area contributed by atoms with Gasteiger partial charge in [0, 0.05) is 54.7 Å². The molecule has 2 aliphatic heterocycles. The Hall–Kier alpha value is -5.19. The number of likely N-dealkylation sites (tertiary alicyclic amines) is 1. The molecule has 1 aliphatic carbocycles. The molecular formula is C43H52N6O5. The van der Waals surface area contributed by atoms with Crippen molar-refractivity contribution in [3.63, 3.8) is 0 Å². The normalized spacial score (nSPS) is 19.1. The minimum atomic E-state index is -0.587. The van der Waals surface area contributed by atoms with Crippen LogP contribution in [0.4, 0.5) is 10.5 Å². The van der Waals surface area contributed by atoms with Gasteiger partial charge in [0.2, 0.25) is 5.91 Å². The molecule has 3 amide bonds. The quantitative estimate of drug-likeness (QED) is 0.193. The van der Waals surface area contributed by atoms with Gasteiger partial charge < -0.3 is 20.3 Å². The summed E-state index contributed by atoms with van der Waals surface area (Å²) < 4.78 is 5.37. The summed E-state index contributed by atoms with van der Waals surface area (Å²) in [6, 6.07) is 23.1. The first-order chi connectivity index (χ1) is 26.0. The van der Waals surface area contributed by atoms with Crippen LogP contribution in [-0.4, -0.2) is 66.3 Å². The molecular weight excluding hydrogens is 681 g/mol. The van der Waals surface area contributed by atoms with Crippen LogP contribution in [-0.2, 0) is 20.7 Å². The number of hydrogen-bond acceptors (Lipinski definition) is 8. The van der Waals surface area contributed by atoms with E-state index >= 15 is 0 Å². The fraction of sp³-hybridized carbons (Fsp3) is 0.465. The second kappa shape index (κ2) is 17.8. The Morgan fingerprint density at radius 3 is 2.20 bits per heavy atom. The number of piperidine rings is 1. The van der Waals surface area contributed by atoms with Crippen molar-refractivity contribution in [1.29, 1.82) is 0 Å². The van der Waals surface area contributed by atoms with E-state index in [0.717, 1.165) is 80.3 Å². The molecule has 1 saturated heterocycles. The maximum Gasteiger partial charge on any atom is 0.407 e. The van der Waals surface area contributed by atoms with Crippen LogP contribution in [0.3, 0.4) is 0 Å². The van der Waals surface area contributed by atoms with Crippen LogP contribution < -0.4 is 10.6 Å². The SMILES string of the molecule is CC(C)(C)OC(=O)NCC1CCC(C(=O)C[C@@H](Cc2ccc(-c3ccccc3C(=O)N3CCCCC3)cc2)C(=O)Nc2ccc(C3=NCN=N3)cc2)CC1. The van der Waals surface area contributed by atoms with Crippen LogP contribution >= 0.6 is 0 Å². The van der Waals surface area contributed by atoms with Crippen LogP contribution in [0.25, 0.3) is 11.1 Å². The average molecular weight is 733 g/mol. The maximum absolute atomic E-state index is 13.9. The summed E-state index contributed by atoms with van der Waals surface area (Å²) in [5, 5.41) is 13.9. The van der Waals surface area contributed by atoms with Gasteiger partial charge in [-0.15, -0.1) is 5.11 Å². The lowest BCUT2D eigenvalue weighted by Crippen LogP contribution is -2.37. The Morgan fingerprint density at radius 2 is 1.54 bits per heavy atom. The molecule has 3 aliphatic rings. The molecule has 284 valence electrons. The molecule has 1 saturated carbocycles. The lowest BCUT2D eigenvalue weighted by molar-refractivity contribution is -0.129. The van der Waals surface area contributed by atoms with Gasteiger partial charge in [0.05, 0.1) is 0 Å². The Kier molecular flexibility index (Phi) is 12.7. The summed E-state index contributed by atoms with van der Waals surface area (Å²) in [4.78, 5) is 59.6. The number of hydrogen-bond donors (Lipinski definition) is 2. The number of rotatable bonds is 12. The van der Waals surface area contributed by atoms with E-state index in [-0.39, 0.29) is 35.9 Å². The molecule has 54 heavy (non-hydrogen) atoms. The lowest BCUT2D eigenvalue weighted by atomic mass is 9.77. The van der Waals surface area contributed by atoms with Gasteiger partial charge in [-0.05, 0) is 125 Å². The van der Waals surface area contributed by atoms with Crippen LogP contribution in [0.15, 0.2) is 88.0 Å². The first-order valence-corrected chi connectivity index (χ1v) is 19.3. The Labute approximate surface area is 318 Å². The number of amidine groups is 1. The first kappa shape index (κ1) is 38.5. The number of nitrogens with zero attached hydrogens (tertiary/aromatic N) is 4. The van der Waals surface area contributed by atoms with Gasteiger partial charge in [-0.3, -0.25) is 14.4 Å². The number of azo groups is 1. The number of amides is 3. The highest BCUT2D eigenvalue weighted by Gasteiger charge is 2.31. The number of nitrogens with one attached hydrogen (secondary N) is 2. The third-order valence-electron chi connectivity index (χ3n) is 10.5. The zero-order valence-electron chi connectivity index (χ0n) is 31.7. The minimum Gasteiger partial charge on any atom is -0.444 e. The van der Waals surface area contributed by atoms with Gasteiger partial charge in [0.15, 0.2) is 12.5 Å². The van der Waals surface area contributed by atoms with Crippen LogP contribution in [0.1, 0.15) is 93.6 Å². The van der Waals surface area contributed by atoms with Gasteiger partial charge in [0.1, 0.15) is 11.4 Å². The van der Waals surface area contributed by atoms with Crippen LogP contribution in [0, 0.1) is 17.8 Å². The predicted octanol–water partition coefficient (Wildman–Crippen LogP) is 8.24. The highest BCUT2D eigenvalue weighted by atomic mass is 16.6. The summed E-state index contributed by atoms with van der Waals surface area (Å²) in [7, 11) is 0. The van der Waals surface area contributed by atoms with Gasteiger partial charge in [-0.2, -0.15) is 5.11 Å². The number of anilines is 1. The molecule has 0 bridgehead atoms. The zero-order valence-corrected chi connectivity index (χ0v) is 31.7. The molecule has 2 N–H and O–H groups in total. The molecule has 0 aromatic heterocycles. The topological polar surface area (TPSA) is 142 Å². The van der Waals surface area contributed by atoms with Crippen molar-refractivity contribution < 1.29 is 23.9 Å². The predicted molar refractivity (Wildman–Crippen MR) is 209 cm³/mol. The molecule has 0 unspecified atom stereocenters. The van der Waals surface area contributed by atoms with Gasteiger partial charge in [-0.25, -0.2) is 9.79 Å². The fourth-order valence-electron chi connectivity index (χ4n) is 7.52. The number of carbonyl (C=O) groups is 4. The Morgan fingerprint density at radius 1 is 0.852 bits per heavy atom. The van der Waals surface area contributed by atoms with Crippen molar-refractivity contribution in [2.45, 2.75) is 84.2 Å². The summed E-state index contributed by atoms with van der Waals surface area (Å²) in [6.07, 6.45) is 6.39. The number of ether oxygens (including phenoxy) is 1. The highest BCUT2D eigenvalue weighted by Crippen LogP contribution is 2.32. The molecule has 3 aromatic carbocycles. The monoisotopic (exact) mass is 732 g/mol. The smallest absolute Gasteiger partial charge is 0.407 e. The molecule has 0 spiro atoms. The summed E-state index contributed by atoms with van der Waals surface area (Å²) >= 11 is 0. The number of Topliss-reactive ketones (excluding diaryl/α,β-unsaturated/α-hetero) is 1. The molecule has 11 heteroatoms. The average Bonchev–Trinajstić information content (AvgIpc) is 3.72. The molecule has 6 rings (SSSR count).